The van der Waals surface area contributed by atoms with Crippen molar-refractivity contribution in [3.8, 4) is 0 Å². The van der Waals surface area contributed by atoms with Crippen LogP contribution in [-0.2, 0) is 16.6 Å². The van der Waals surface area contributed by atoms with Gasteiger partial charge in [-0.1, -0.05) is 0 Å². The van der Waals surface area contributed by atoms with Crippen molar-refractivity contribution in [1.82, 2.24) is 19.8 Å². The molecule has 0 radical (unpaired) electrons. The van der Waals surface area contributed by atoms with Crippen molar-refractivity contribution in [2.24, 2.45) is 0 Å². The molecule has 0 aromatic carbocycles. The smallest absolute Gasteiger partial charge is 0.257 e. The van der Waals surface area contributed by atoms with Crippen LogP contribution in [-0.4, -0.2) is 37.3 Å². The second-order valence-electron chi connectivity index (χ2n) is 4.13. The maximum Gasteiger partial charge on any atom is 0.257 e. The zero-order chi connectivity index (χ0) is 12.3. The van der Waals surface area contributed by atoms with E-state index in [1.807, 2.05) is 6.92 Å². The molecular weight excluding hydrogens is 276 g/mol. The molecule has 2 rings (SSSR count). The first-order chi connectivity index (χ1) is 8.13. The van der Waals surface area contributed by atoms with Gasteiger partial charge in [-0.2, -0.15) is 5.10 Å². The Morgan fingerprint density at radius 3 is 3.00 bits per heavy atom. The molecule has 0 spiro atoms. The SMILES string of the molecule is CCn1nccc1S(=O)(=O)NC[C@@H]1CCCN1.Cl. The summed E-state index contributed by atoms with van der Waals surface area (Å²) >= 11 is 0. The molecule has 0 saturated carbocycles. The number of hydrogen-bond donors (Lipinski definition) is 2. The molecule has 1 aromatic heterocycles. The molecule has 18 heavy (non-hydrogen) atoms. The van der Waals surface area contributed by atoms with Gasteiger partial charge in [0.15, 0.2) is 5.03 Å². The van der Waals surface area contributed by atoms with Crippen molar-refractivity contribution in [2.75, 3.05) is 13.1 Å². The van der Waals surface area contributed by atoms with Gasteiger partial charge in [0.25, 0.3) is 10.0 Å². The van der Waals surface area contributed by atoms with Crippen LogP contribution >= 0.6 is 12.4 Å². The fraction of sp³-hybridized carbons (Fsp3) is 0.700. The van der Waals surface area contributed by atoms with E-state index in [2.05, 4.69) is 15.1 Å². The van der Waals surface area contributed by atoms with Crippen molar-refractivity contribution in [3.05, 3.63) is 12.3 Å². The van der Waals surface area contributed by atoms with Crippen molar-refractivity contribution in [2.45, 2.75) is 37.4 Å². The predicted molar refractivity (Wildman–Crippen MR) is 71.4 cm³/mol. The average Bonchev–Trinajstić information content (AvgIpc) is 2.97. The van der Waals surface area contributed by atoms with E-state index >= 15 is 0 Å². The monoisotopic (exact) mass is 294 g/mol. The van der Waals surface area contributed by atoms with Crippen LogP contribution in [0.5, 0.6) is 0 Å². The second-order valence-corrected chi connectivity index (χ2v) is 5.84. The lowest BCUT2D eigenvalue weighted by atomic mass is 10.2. The zero-order valence-corrected chi connectivity index (χ0v) is 11.9. The summed E-state index contributed by atoms with van der Waals surface area (Å²) in [6.45, 7) is 3.83. The Hall–Kier alpha value is -0.630. The Kier molecular flexibility index (Phi) is 5.58. The van der Waals surface area contributed by atoms with Crippen LogP contribution in [0.1, 0.15) is 19.8 Å². The summed E-state index contributed by atoms with van der Waals surface area (Å²) in [7, 11) is -3.44. The maximum atomic E-state index is 12.0. The van der Waals surface area contributed by atoms with Gasteiger partial charge in [0.05, 0.1) is 6.20 Å². The van der Waals surface area contributed by atoms with Gasteiger partial charge in [0, 0.05) is 19.1 Å². The van der Waals surface area contributed by atoms with Gasteiger partial charge in [-0.25, -0.2) is 13.1 Å². The molecule has 6 nitrogen and oxygen atoms in total. The molecule has 104 valence electrons. The van der Waals surface area contributed by atoms with E-state index in [9.17, 15) is 8.42 Å². The number of rotatable bonds is 5. The van der Waals surface area contributed by atoms with Crippen LogP contribution < -0.4 is 10.0 Å². The Bertz CT molecular complexity index is 468. The van der Waals surface area contributed by atoms with Gasteiger partial charge in [-0.05, 0) is 32.4 Å². The molecule has 2 heterocycles. The van der Waals surface area contributed by atoms with E-state index in [0.29, 0.717) is 13.1 Å². The second kappa shape index (κ2) is 6.51. The molecule has 0 unspecified atom stereocenters. The molecule has 1 fully saturated rings. The Balaban J connectivity index is 0.00000162. The van der Waals surface area contributed by atoms with E-state index in [-0.39, 0.29) is 23.5 Å². The van der Waals surface area contributed by atoms with Crippen LogP contribution in [0.25, 0.3) is 0 Å². The Labute approximate surface area is 114 Å². The fourth-order valence-electron chi connectivity index (χ4n) is 2.00. The molecule has 0 amide bonds. The first-order valence-electron chi connectivity index (χ1n) is 5.88. The third-order valence-electron chi connectivity index (χ3n) is 2.93. The first kappa shape index (κ1) is 15.4. The molecular formula is C10H19ClN4O2S. The van der Waals surface area contributed by atoms with Crippen LogP contribution in [0.2, 0.25) is 0 Å². The number of sulfonamides is 1. The number of aromatic nitrogens is 2. The number of aryl methyl sites for hydroxylation is 1. The minimum absolute atomic E-state index is 0. The summed E-state index contributed by atoms with van der Waals surface area (Å²) in [4.78, 5) is 0. The van der Waals surface area contributed by atoms with Gasteiger partial charge in [-0.15, -0.1) is 12.4 Å². The molecule has 1 atom stereocenters. The van der Waals surface area contributed by atoms with Crippen LogP contribution in [0.4, 0.5) is 0 Å². The van der Waals surface area contributed by atoms with Gasteiger partial charge in [0.2, 0.25) is 0 Å². The van der Waals surface area contributed by atoms with Crippen LogP contribution in [0, 0.1) is 0 Å². The maximum absolute atomic E-state index is 12.0. The molecule has 0 bridgehead atoms. The molecule has 1 aromatic rings. The number of hydrogen-bond acceptors (Lipinski definition) is 4. The number of nitrogens with one attached hydrogen (secondary N) is 2. The van der Waals surface area contributed by atoms with Crippen molar-refractivity contribution in [1.29, 1.82) is 0 Å². The molecule has 0 aliphatic carbocycles. The third-order valence-corrected chi connectivity index (χ3v) is 4.38. The van der Waals surface area contributed by atoms with E-state index in [1.54, 1.807) is 0 Å². The first-order valence-corrected chi connectivity index (χ1v) is 7.36. The van der Waals surface area contributed by atoms with E-state index in [4.69, 9.17) is 0 Å². The summed E-state index contributed by atoms with van der Waals surface area (Å²) in [5.41, 5.74) is 0. The van der Waals surface area contributed by atoms with Crippen molar-refractivity contribution >= 4 is 22.4 Å². The summed E-state index contributed by atoms with van der Waals surface area (Å²) in [6.07, 6.45) is 3.64. The third kappa shape index (κ3) is 3.44. The Morgan fingerprint density at radius 2 is 2.39 bits per heavy atom. The van der Waals surface area contributed by atoms with Crippen LogP contribution in [0.3, 0.4) is 0 Å². The number of nitrogens with zero attached hydrogens (tertiary/aromatic N) is 2. The fourth-order valence-corrected chi connectivity index (χ4v) is 3.26. The van der Waals surface area contributed by atoms with E-state index in [0.717, 1.165) is 19.4 Å². The minimum atomic E-state index is -3.44. The van der Waals surface area contributed by atoms with E-state index < -0.39 is 10.0 Å². The highest BCUT2D eigenvalue weighted by Gasteiger charge is 2.21. The highest BCUT2D eigenvalue weighted by molar-refractivity contribution is 7.89. The average molecular weight is 295 g/mol. The van der Waals surface area contributed by atoms with E-state index in [1.165, 1.54) is 16.9 Å². The Morgan fingerprint density at radius 1 is 1.61 bits per heavy atom. The normalized spacial score (nSPS) is 19.7. The minimum Gasteiger partial charge on any atom is -0.313 e. The standard InChI is InChI=1S/C10H18N4O2S.ClH/c1-2-14-10(5-7-12-14)17(15,16)13-8-9-4-3-6-11-9;/h5,7,9,11,13H,2-4,6,8H2,1H3;1H/t9-;/m0./s1. The van der Waals surface area contributed by atoms with Gasteiger partial charge in [-0.3, -0.25) is 4.68 Å². The highest BCUT2D eigenvalue weighted by Crippen LogP contribution is 2.09. The summed E-state index contributed by atoms with van der Waals surface area (Å²) < 4.78 is 28.2. The van der Waals surface area contributed by atoms with Gasteiger partial charge >= 0.3 is 0 Å². The quantitative estimate of drug-likeness (QED) is 0.822. The topological polar surface area (TPSA) is 76.0 Å². The van der Waals surface area contributed by atoms with Crippen molar-refractivity contribution in [3.63, 3.8) is 0 Å². The lowest BCUT2D eigenvalue weighted by Crippen LogP contribution is -2.37. The lowest BCUT2D eigenvalue weighted by molar-refractivity contribution is 0.528. The van der Waals surface area contributed by atoms with Crippen LogP contribution in [0.15, 0.2) is 17.3 Å². The molecule has 1 aliphatic heterocycles. The predicted octanol–water partition coefficient (Wildman–Crippen LogP) is 0.355. The summed E-state index contributed by atoms with van der Waals surface area (Å²) in [6, 6.07) is 1.77. The molecule has 1 aliphatic rings. The lowest BCUT2D eigenvalue weighted by Gasteiger charge is -2.12. The summed E-state index contributed by atoms with van der Waals surface area (Å²) in [5, 5.41) is 7.45. The molecule has 1 saturated heterocycles. The van der Waals surface area contributed by atoms with Gasteiger partial charge < -0.3 is 5.32 Å². The number of halogens is 1. The molecule has 2 N–H and O–H groups in total. The molecule has 8 heteroatoms. The van der Waals surface area contributed by atoms with Crippen molar-refractivity contribution < 1.29 is 8.42 Å². The summed E-state index contributed by atoms with van der Waals surface area (Å²) in [5.74, 6) is 0. The zero-order valence-electron chi connectivity index (χ0n) is 10.3. The largest absolute Gasteiger partial charge is 0.313 e. The highest BCUT2D eigenvalue weighted by atomic mass is 35.5. The van der Waals surface area contributed by atoms with Gasteiger partial charge in [0.1, 0.15) is 0 Å².